The van der Waals surface area contributed by atoms with Gasteiger partial charge >= 0.3 is 6.09 Å². The van der Waals surface area contributed by atoms with Gasteiger partial charge in [0.2, 0.25) is 0 Å². The van der Waals surface area contributed by atoms with E-state index in [1.165, 1.54) is 23.2 Å². The number of hydrogen-bond acceptors (Lipinski definition) is 7. The number of rotatable bonds is 12. The summed E-state index contributed by atoms with van der Waals surface area (Å²) in [6.07, 6.45) is 8.16. The van der Waals surface area contributed by atoms with E-state index in [4.69, 9.17) is 18.4 Å². The van der Waals surface area contributed by atoms with Crippen LogP contribution in [0.15, 0.2) is 77.3 Å². The predicted molar refractivity (Wildman–Crippen MR) is 220 cm³/mol. The molecule has 0 spiro atoms. The highest BCUT2D eigenvalue weighted by Gasteiger charge is 2.52. The van der Waals surface area contributed by atoms with Gasteiger partial charge in [-0.15, -0.1) is 0 Å². The molecule has 8 nitrogen and oxygen atoms in total. The molecule has 2 aliphatic rings. The highest BCUT2D eigenvalue weighted by Crippen LogP contribution is 2.41. The Morgan fingerprint density at radius 3 is 2.09 bits per heavy atom. The number of aryl methyl sites for hydroxylation is 1. The second-order valence-corrected chi connectivity index (χ2v) is 22.2. The molecule has 0 unspecified atom stereocenters. The van der Waals surface area contributed by atoms with Crippen LogP contribution >= 0.6 is 0 Å². The molecule has 1 saturated carbocycles. The number of amides is 1. The Morgan fingerprint density at radius 2 is 1.50 bits per heavy atom. The molecule has 2 atom stereocenters. The summed E-state index contributed by atoms with van der Waals surface area (Å²) in [4.78, 5) is 16.6. The molecule has 1 saturated heterocycles. The molecule has 2 fully saturated rings. The Balaban J connectivity index is 1.17. The van der Waals surface area contributed by atoms with Gasteiger partial charge in [0.25, 0.3) is 8.32 Å². The third kappa shape index (κ3) is 9.23. The molecule has 9 heteroatoms. The fourth-order valence-electron chi connectivity index (χ4n) is 8.58. The van der Waals surface area contributed by atoms with E-state index >= 15 is 0 Å². The van der Waals surface area contributed by atoms with Crippen LogP contribution in [0.1, 0.15) is 97.7 Å². The lowest BCUT2D eigenvalue weighted by atomic mass is 9.87. The molecule has 1 amide bonds. The SMILES string of the molecule is CN(C)Cc1c(OC[C@@H]2CCCC[C@H]2O[Si](c2ccccc2)(c2ccccc2)C(C)(C)C)ccc2c(CCC3CCN(C(=O)OC(C)(C)C)CC3)noc12. The second-order valence-electron chi connectivity index (χ2n) is 17.9. The molecular formula is C45H63N3O5Si. The summed E-state index contributed by atoms with van der Waals surface area (Å²) in [5, 5.41) is 8.23. The van der Waals surface area contributed by atoms with E-state index in [0.717, 1.165) is 79.6 Å². The molecular weight excluding hydrogens is 691 g/mol. The van der Waals surface area contributed by atoms with Crippen LogP contribution in [0, 0.1) is 11.8 Å². The van der Waals surface area contributed by atoms with Crippen LogP contribution in [0.3, 0.4) is 0 Å². The van der Waals surface area contributed by atoms with Gasteiger partial charge < -0.3 is 28.2 Å². The monoisotopic (exact) mass is 753 g/mol. The molecule has 3 aromatic carbocycles. The summed E-state index contributed by atoms with van der Waals surface area (Å²) >= 11 is 0. The molecule has 1 aromatic heterocycles. The van der Waals surface area contributed by atoms with Crippen LogP contribution in [0.5, 0.6) is 5.75 Å². The van der Waals surface area contributed by atoms with Crippen LogP contribution in [-0.2, 0) is 22.1 Å². The van der Waals surface area contributed by atoms with Crippen molar-refractivity contribution in [3.63, 3.8) is 0 Å². The van der Waals surface area contributed by atoms with Crippen LogP contribution < -0.4 is 15.1 Å². The smallest absolute Gasteiger partial charge is 0.410 e. The first-order valence-electron chi connectivity index (χ1n) is 20.2. The fraction of sp³-hybridized carbons (Fsp3) is 0.556. The quantitative estimate of drug-likeness (QED) is 0.134. The summed E-state index contributed by atoms with van der Waals surface area (Å²) in [6.45, 7) is 15.6. The minimum atomic E-state index is -2.70. The van der Waals surface area contributed by atoms with Gasteiger partial charge in [-0.05, 0) is 107 Å². The van der Waals surface area contributed by atoms with Gasteiger partial charge in [0.1, 0.15) is 11.4 Å². The summed E-state index contributed by atoms with van der Waals surface area (Å²) < 4.78 is 26.2. The summed E-state index contributed by atoms with van der Waals surface area (Å²) in [5.41, 5.74) is 2.38. The Bertz CT molecular complexity index is 1770. The highest BCUT2D eigenvalue weighted by atomic mass is 28.4. The topological polar surface area (TPSA) is 77.3 Å². The number of ether oxygens (including phenoxy) is 2. The lowest BCUT2D eigenvalue weighted by Gasteiger charge is -2.47. The molecule has 2 heterocycles. The lowest BCUT2D eigenvalue weighted by molar-refractivity contribution is 0.0181. The largest absolute Gasteiger partial charge is 0.493 e. The Labute approximate surface area is 324 Å². The summed E-state index contributed by atoms with van der Waals surface area (Å²) in [5.74, 6) is 1.67. The Kier molecular flexibility index (Phi) is 12.6. The average Bonchev–Trinajstić information content (AvgIpc) is 3.56. The van der Waals surface area contributed by atoms with Crippen LogP contribution in [0.4, 0.5) is 4.79 Å². The molecule has 0 N–H and O–H groups in total. The zero-order chi connectivity index (χ0) is 38.5. The van der Waals surface area contributed by atoms with E-state index < -0.39 is 13.9 Å². The van der Waals surface area contributed by atoms with Crippen molar-refractivity contribution in [2.75, 3.05) is 33.8 Å². The number of hydrogen-bond donors (Lipinski definition) is 0. The van der Waals surface area contributed by atoms with Gasteiger partial charge in [-0.3, -0.25) is 0 Å². The zero-order valence-corrected chi connectivity index (χ0v) is 35.0. The molecule has 4 aromatic rings. The Morgan fingerprint density at radius 1 is 0.870 bits per heavy atom. The maximum atomic E-state index is 12.6. The first-order valence-corrected chi connectivity index (χ1v) is 22.1. The van der Waals surface area contributed by atoms with Crippen LogP contribution in [-0.4, -0.2) is 74.9 Å². The average molecular weight is 754 g/mol. The van der Waals surface area contributed by atoms with Crippen molar-refractivity contribution < 1.29 is 23.2 Å². The first kappa shape index (κ1) is 40.0. The van der Waals surface area contributed by atoms with E-state index in [9.17, 15) is 4.79 Å². The number of likely N-dealkylation sites (tertiary alicyclic amines) is 1. The minimum absolute atomic E-state index is 0.0795. The van der Waals surface area contributed by atoms with E-state index in [1.54, 1.807) is 0 Å². The maximum Gasteiger partial charge on any atom is 0.410 e. The van der Waals surface area contributed by atoms with Crippen molar-refractivity contribution in [2.45, 2.75) is 116 Å². The lowest BCUT2D eigenvalue weighted by Crippen LogP contribution is -2.68. The number of benzene rings is 3. The van der Waals surface area contributed by atoms with E-state index in [-0.39, 0.29) is 23.2 Å². The van der Waals surface area contributed by atoms with Gasteiger partial charge in [0.05, 0.1) is 24.0 Å². The van der Waals surface area contributed by atoms with E-state index in [2.05, 4.69) is 118 Å². The van der Waals surface area contributed by atoms with Gasteiger partial charge in [-0.25, -0.2) is 4.79 Å². The number of piperidine rings is 1. The third-order valence-electron chi connectivity index (χ3n) is 11.3. The van der Waals surface area contributed by atoms with Crippen molar-refractivity contribution >= 4 is 35.8 Å². The zero-order valence-electron chi connectivity index (χ0n) is 34.0. The molecule has 1 aliphatic carbocycles. The molecule has 1 aliphatic heterocycles. The number of aromatic nitrogens is 1. The summed E-state index contributed by atoms with van der Waals surface area (Å²) in [6, 6.07) is 26.2. The summed E-state index contributed by atoms with van der Waals surface area (Å²) in [7, 11) is 1.46. The molecule has 0 radical (unpaired) electrons. The van der Waals surface area contributed by atoms with Crippen molar-refractivity contribution in [1.82, 2.24) is 15.0 Å². The third-order valence-corrected chi connectivity index (χ3v) is 16.4. The van der Waals surface area contributed by atoms with E-state index in [1.807, 2.05) is 25.7 Å². The first-order chi connectivity index (χ1) is 25.7. The predicted octanol–water partition coefficient (Wildman–Crippen LogP) is 8.98. The normalized spacial score (nSPS) is 19.0. The molecule has 0 bridgehead atoms. The Hall–Kier alpha value is -3.66. The van der Waals surface area contributed by atoms with Gasteiger partial charge in [0.15, 0.2) is 5.58 Å². The van der Waals surface area contributed by atoms with Gasteiger partial charge in [-0.2, -0.15) is 0 Å². The minimum Gasteiger partial charge on any atom is -0.493 e. The second kappa shape index (κ2) is 17.0. The maximum absolute atomic E-state index is 12.6. The molecule has 292 valence electrons. The number of fused-ring (bicyclic) bond motifs is 1. The highest BCUT2D eigenvalue weighted by molar-refractivity contribution is 6.99. The van der Waals surface area contributed by atoms with Crippen molar-refractivity contribution in [2.24, 2.45) is 11.8 Å². The van der Waals surface area contributed by atoms with Gasteiger partial charge in [0, 0.05) is 30.9 Å². The van der Waals surface area contributed by atoms with Crippen molar-refractivity contribution in [3.05, 3.63) is 84.1 Å². The van der Waals surface area contributed by atoms with Crippen LogP contribution in [0.2, 0.25) is 5.04 Å². The standard InChI is InChI=1S/C45H63N3O5Si/c1-44(2,3)51-43(49)48-29-27-33(28-30-48)23-25-39-37-24-26-41(38(31-47(7)8)42(37)52-46-39)50-32-34-17-15-16-22-40(34)53-54(45(4,5)6,35-18-11-9-12-19-35)36-20-13-10-14-21-36/h9-14,18-21,24,26,33-34,40H,15-17,22-23,25,27-32H2,1-8H3/t34-,40+/m0/s1. The number of carbonyl (C=O) groups excluding carboxylic acids is 1. The number of nitrogens with zero attached hydrogens (tertiary/aromatic N) is 3. The fourth-order valence-corrected chi connectivity index (χ4v) is 13.4. The number of carbonyl (C=O) groups is 1. The molecule has 54 heavy (non-hydrogen) atoms. The van der Waals surface area contributed by atoms with Crippen molar-refractivity contribution in [1.29, 1.82) is 0 Å². The molecule has 6 rings (SSSR count). The van der Waals surface area contributed by atoms with Gasteiger partial charge in [-0.1, -0.05) is 99.4 Å². The van der Waals surface area contributed by atoms with Crippen molar-refractivity contribution in [3.8, 4) is 5.75 Å². The van der Waals surface area contributed by atoms with Crippen LogP contribution in [0.25, 0.3) is 11.0 Å². The van der Waals surface area contributed by atoms with E-state index in [0.29, 0.717) is 19.1 Å².